The summed E-state index contributed by atoms with van der Waals surface area (Å²) in [4.78, 5) is 7.10. The Morgan fingerprint density at radius 3 is 2.67 bits per heavy atom. The van der Waals surface area contributed by atoms with E-state index < -0.39 is 0 Å². The molecular weight excluding hydrogens is 356 g/mol. The van der Waals surface area contributed by atoms with Crippen molar-refractivity contribution in [1.82, 2.24) is 0 Å². The minimum atomic E-state index is 0.139. The molecule has 1 heterocycles. The van der Waals surface area contributed by atoms with Crippen LogP contribution in [0.1, 0.15) is 56.7 Å². The van der Waals surface area contributed by atoms with E-state index in [4.69, 9.17) is 16.3 Å². The zero-order chi connectivity index (χ0) is 19.8. The van der Waals surface area contributed by atoms with Gasteiger partial charge in [-0.1, -0.05) is 24.6 Å². The molecule has 0 radical (unpaired) electrons. The smallest absolute Gasteiger partial charge is 0.129 e. The number of halogens is 1. The zero-order valence-corrected chi connectivity index (χ0v) is 17.9. The van der Waals surface area contributed by atoms with Gasteiger partial charge in [0.1, 0.15) is 5.75 Å². The topological polar surface area (TPSA) is 24.8 Å². The maximum Gasteiger partial charge on any atom is 0.129 e. The lowest BCUT2D eigenvalue weighted by molar-refractivity contribution is 0.377. The van der Waals surface area contributed by atoms with Crippen molar-refractivity contribution >= 4 is 29.2 Å². The van der Waals surface area contributed by atoms with Gasteiger partial charge in [0.05, 0.1) is 12.8 Å². The van der Waals surface area contributed by atoms with E-state index in [0.717, 1.165) is 40.6 Å². The highest BCUT2D eigenvalue weighted by Crippen LogP contribution is 2.45. The molecule has 0 N–H and O–H groups in total. The quantitative estimate of drug-likeness (QED) is 0.560. The summed E-state index contributed by atoms with van der Waals surface area (Å²) in [6, 6.07) is 10.3. The van der Waals surface area contributed by atoms with E-state index in [1.165, 1.54) is 11.3 Å². The third-order valence-electron chi connectivity index (χ3n) is 5.56. The molecule has 0 saturated heterocycles. The predicted octanol–water partition coefficient (Wildman–Crippen LogP) is 6.52. The Morgan fingerprint density at radius 1 is 1.30 bits per heavy atom. The summed E-state index contributed by atoms with van der Waals surface area (Å²) < 4.78 is 5.69. The van der Waals surface area contributed by atoms with Crippen molar-refractivity contribution in [2.45, 2.75) is 52.5 Å². The van der Waals surface area contributed by atoms with Gasteiger partial charge < -0.3 is 9.64 Å². The second-order valence-corrected chi connectivity index (χ2v) is 8.41. The maximum atomic E-state index is 6.22. The standard InChI is InChI=1S/C23H29ClN2O/c1-7-26-21-12-22(27-6)17(10-19(21)16(3)13-23(26,4)5)14-25-18-9-8-15(2)20(24)11-18/h8-12,14,16H,7,13H2,1-6H3. The van der Waals surface area contributed by atoms with Crippen LogP contribution in [0.4, 0.5) is 11.4 Å². The third kappa shape index (κ3) is 3.84. The van der Waals surface area contributed by atoms with Crippen LogP contribution in [0.5, 0.6) is 5.75 Å². The molecule has 0 spiro atoms. The lowest BCUT2D eigenvalue weighted by Crippen LogP contribution is -2.48. The summed E-state index contributed by atoms with van der Waals surface area (Å²) in [5.74, 6) is 1.34. The number of rotatable bonds is 4. The lowest BCUT2D eigenvalue weighted by Gasteiger charge is -2.47. The number of ether oxygens (including phenoxy) is 1. The summed E-state index contributed by atoms with van der Waals surface area (Å²) >= 11 is 6.22. The molecule has 4 heteroatoms. The molecule has 27 heavy (non-hydrogen) atoms. The normalized spacial score (nSPS) is 18.6. The SMILES string of the molecule is CCN1c2cc(OC)c(C=Nc3ccc(C)c(Cl)c3)cc2C(C)CC1(C)C. The van der Waals surface area contributed by atoms with E-state index in [1.54, 1.807) is 7.11 Å². The van der Waals surface area contributed by atoms with Crippen LogP contribution in [0.3, 0.4) is 0 Å². The molecule has 3 rings (SSSR count). The van der Waals surface area contributed by atoms with Crippen LogP contribution >= 0.6 is 11.6 Å². The molecule has 1 aliphatic heterocycles. The molecule has 1 atom stereocenters. The number of fused-ring (bicyclic) bond motifs is 1. The largest absolute Gasteiger partial charge is 0.496 e. The lowest BCUT2D eigenvalue weighted by atomic mass is 9.79. The van der Waals surface area contributed by atoms with Crippen molar-refractivity contribution in [2.24, 2.45) is 4.99 Å². The second-order valence-electron chi connectivity index (χ2n) is 8.01. The van der Waals surface area contributed by atoms with E-state index >= 15 is 0 Å². The van der Waals surface area contributed by atoms with Gasteiger partial charge in [-0.25, -0.2) is 0 Å². The van der Waals surface area contributed by atoms with E-state index in [-0.39, 0.29) is 5.54 Å². The van der Waals surface area contributed by atoms with Gasteiger partial charge in [0.25, 0.3) is 0 Å². The molecule has 0 aliphatic carbocycles. The van der Waals surface area contributed by atoms with Crippen LogP contribution in [0.15, 0.2) is 35.3 Å². The van der Waals surface area contributed by atoms with Crippen molar-refractivity contribution in [2.75, 3.05) is 18.6 Å². The van der Waals surface area contributed by atoms with Gasteiger partial charge in [-0.05, 0) is 69.4 Å². The Bertz CT molecular complexity index is 873. The summed E-state index contributed by atoms with van der Waals surface area (Å²) in [6.07, 6.45) is 3.01. The van der Waals surface area contributed by atoms with Gasteiger partial charge in [-0.3, -0.25) is 4.99 Å². The van der Waals surface area contributed by atoms with Crippen LogP contribution in [0, 0.1) is 6.92 Å². The Labute approximate surface area is 168 Å². The number of benzene rings is 2. The summed E-state index contributed by atoms with van der Waals surface area (Å²) in [5.41, 5.74) is 5.66. The molecule has 0 fully saturated rings. The molecule has 3 nitrogen and oxygen atoms in total. The van der Waals surface area contributed by atoms with Gasteiger partial charge >= 0.3 is 0 Å². The minimum absolute atomic E-state index is 0.139. The molecule has 2 aromatic carbocycles. The number of hydrogen-bond donors (Lipinski definition) is 0. The maximum absolute atomic E-state index is 6.22. The highest BCUT2D eigenvalue weighted by molar-refractivity contribution is 6.31. The summed E-state index contributed by atoms with van der Waals surface area (Å²) in [7, 11) is 1.72. The number of hydrogen-bond acceptors (Lipinski definition) is 3. The van der Waals surface area contributed by atoms with E-state index in [2.05, 4.69) is 49.7 Å². The van der Waals surface area contributed by atoms with Crippen LogP contribution in [0.25, 0.3) is 0 Å². The number of aliphatic imine (C=N–C) groups is 1. The Morgan fingerprint density at radius 2 is 2.04 bits per heavy atom. The van der Waals surface area contributed by atoms with E-state index in [9.17, 15) is 0 Å². The molecule has 0 aromatic heterocycles. The van der Waals surface area contributed by atoms with Crippen molar-refractivity contribution in [3.05, 3.63) is 52.0 Å². The fourth-order valence-corrected chi connectivity index (χ4v) is 4.38. The highest BCUT2D eigenvalue weighted by Gasteiger charge is 2.36. The van der Waals surface area contributed by atoms with Gasteiger partial charge in [0, 0.05) is 40.6 Å². The van der Waals surface area contributed by atoms with Crippen molar-refractivity contribution in [3.63, 3.8) is 0 Å². The van der Waals surface area contributed by atoms with Crippen LogP contribution < -0.4 is 9.64 Å². The van der Waals surface area contributed by atoms with Gasteiger partial charge in [0.2, 0.25) is 0 Å². The predicted molar refractivity (Wildman–Crippen MR) is 117 cm³/mol. The first-order valence-electron chi connectivity index (χ1n) is 9.56. The summed E-state index contributed by atoms with van der Waals surface area (Å²) in [5, 5.41) is 0.733. The minimum Gasteiger partial charge on any atom is -0.496 e. The first kappa shape index (κ1) is 19.8. The second kappa shape index (κ2) is 7.55. The van der Waals surface area contributed by atoms with Crippen LogP contribution in [0.2, 0.25) is 5.02 Å². The zero-order valence-electron chi connectivity index (χ0n) is 17.1. The summed E-state index contributed by atoms with van der Waals surface area (Å²) in [6.45, 7) is 12.1. The average Bonchev–Trinajstić information content (AvgIpc) is 2.61. The van der Waals surface area contributed by atoms with Crippen molar-refractivity contribution in [3.8, 4) is 5.75 Å². The van der Waals surface area contributed by atoms with Crippen LogP contribution in [-0.2, 0) is 0 Å². The van der Waals surface area contributed by atoms with E-state index in [0.29, 0.717) is 5.92 Å². The molecule has 0 bridgehead atoms. The first-order chi connectivity index (χ1) is 12.8. The van der Waals surface area contributed by atoms with E-state index in [1.807, 2.05) is 31.3 Å². The Kier molecular flexibility index (Phi) is 5.53. The number of methoxy groups -OCH3 is 1. The Hall–Kier alpha value is -2.00. The fraction of sp³-hybridized carbons (Fsp3) is 0.435. The van der Waals surface area contributed by atoms with Gasteiger partial charge in [0.15, 0.2) is 0 Å². The molecule has 1 unspecified atom stereocenters. The molecule has 1 aliphatic rings. The van der Waals surface area contributed by atoms with Gasteiger partial charge in [-0.2, -0.15) is 0 Å². The number of aryl methyl sites for hydroxylation is 1. The number of nitrogens with zero attached hydrogens (tertiary/aromatic N) is 2. The van der Waals surface area contributed by atoms with Crippen molar-refractivity contribution < 1.29 is 4.74 Å². The molecule has 0 saturated carbocycles. The monoisotopic (exact) mass is 384 g/mol. The highest BCUT2D eigenvalue weighted by atomic mass is 35.5. The average molecular weight is 385 g/mol. The third-order valence-corrected chi connectivity index (χ3v) is 5.97. The van der Waals surface area contributed by atoms with Crippen LogP contribution in [-0.4, -0.2) is 25.4 Å². The molecule has 0 amide bonds. The fourth-order valence-electron chi connectivity index (χ4n) is 4.21. The molecular formula is C23H29ClN2O. The molecule has 2 aromatic rings. The Balaban J connectivity index is 2.04. The van der Waals surface area contributed by atoms with Crippen molar-refractivity contribution in [1.29, 1.82) is 0 Å². The molecule has 144 valence electrons. The number of anilines is 1. The first-order valence-corrected chi connectivity index (χ1v) is 9.94. The van der Waals surface area contributed by atoms with Gasteiger partial charge in [-0.15, -0.1) is 0 Å².